The maximum absolute atomic E-state index is 12.8. The lowest BCUT2D eigenvalue weighted by Crippen LogP contribution is -2.47. The molecule has 0 amide bonds. The Kier molecular flexibility index (Phi) is 4.94. The topological polar surface area (TPSA) is 61.8 Å². The van der Waals surface area contributed by atoms with Crippen molar-refractivity contribution in [3.05, 3.63) is 0 Å². The monoisotopic (exact) mass is 430 g/mol. The van der Waals surface area contributed by atoms with Gasteiger partial charge in [0.1, 0.15) is 0 Å². The Morgan fingerprint density at radius 1 is 0.645 bits per heavy atom. The van der Waals surface area contributed by atoms with Crippen LogP contribution in [-0.4, -0.2) is 25.5 Å². The Hall–Kier alpha value is -1.10. The third-order valence-corrected chi connectivity index (χ3v) is 10.0. The molecule has 8 saturated carbocycles. The summed E-state index contributed by atoms with van der Waals surface area (Å²) in [5.74, 6) is 4.27. The Morgan fingerprint density at radius 2 is 0.935 bits per heavy atom. The highest BCUT2D eigenvalue weighted by Crippen LogP contribution is 2.62. The lowest BCUT2D eigenvalue weighted by Gasteiger charge is -2.56. The first-order chi connectivity index (χ1) is 14.9. The molecule has 0 unspecified atom stereocenters. The van der Waals surface area contributed by atoms with Gasteiger partial charge in [0.2, 0.25) is 0 Å². The van der Waals surface area contributed by atoms with Gasteiger partial charge in [-0.05, 0) is 123 Å². The highest BCUT2D eigenvalue weighted by atomic mass is 16.9. The van der Waals surface area contributed by atoms with E-state index in [1.54, 1.807) is 0 Å². The number of carbonyl (C=O) groups is 2. The molecule has 5 heteroatoms. The number of rotatable bonds is 7. The van der Waals surface area contributed by atoms with Crippen LogP contribution in [0.15, 0.2) is 0 Å². The third-order valence-electron chi connectivity index (χ3n) is 10.0. The van der Waals surface area contributed by atoms with Crippen LogP contribution in [0.2, 0.25) is 0 Å². The lowest BCUT2D eigenvalue weighted by atomic mass is 9.49. The summed E-state index contributed by atoms with van der Waals surface area (Å²) >= 11 is 0. The first-order valence-corrected chi connectivity index (χ1v) is 12.8. The van der Waals surface area contributed by atoms with Gasteiger partial charge in [0.05, 0.1) is 12.8 Å². The summed E-state index contributed by atoms with van der Waals surface area (Å²) in [5, 5.41) is 0. The van der Waals surface area contributed by atoms with Gasteiger partial charge in [-0.25, -0.2) is 0 Å². The summed E-state index contributed by atoms with van der Waals surface area (Å²) in [6.45, 7) is -1.21. The molecule has 8 aliphatic carbocycles. The Morgan fingerprint density at radius 3 is 1.19 bits per heavy atom. The average molecular weight is 431 g/mol. The van der Waals surface area contributed by atoms with Gasteiger partial charge in [-0.1, -0.05) is 0 Å². The molecule has 8 fully saturated rings. The Bertz CT molecular complexity index is 612. The molecule has 8 bridgehead atoms. The summed E-state index contributed by atoms with van der Waals surface area (Å²) in [4.78, 5) is 25.6. The molecule has 5 nitrogen and oxygen atoms in total. The molecule has 0 saturated heterocycles. The molecule has 8 aliphatic rings. The fourth-order valence-corrected chi connectivity index (χ4v) is 10.0. The van der Waals surface area contributed by atoms with E-state index in [-0.39, 0.29) is 22.8 Å². The van der Waals surface area contributed by atoms with E-state index in [1.807, 2.05) is 0 Å². The molecule has 0 heterocycles. The predicted molar refractivity (Wildman–Crippen MR) is 113 cm³/mol. The van der Waals surface area contributed by atoms with Gasteiger partial charge in [-0.3, -0.25) is 9.59 Å². The number of hydrogen-bond acceptors (Lipinski definition) is 5. The van der Waals surface area contributed by atoms with E-state index in [4.69, 9.17) is 14.2 Å². The van der Waals surface area contributed by atoms with Gasteiger partial charge in [0, 0.05) is 7.11 Å². The highest BCUT2D eigenvalue weighted by molar-refractivity contribution is 5.72. The Labute approximate surface area is 185 Å². The van der Waals surface area contributed by atoms with Gasteiger partial charge in [0.15, 0.2) is 0 Å². The first-order valence-electron chi connectivity index (χ1n) is 12.8. The number of hydrogen-bond donors (Lipinski definition) is 0. The maximum atomic E-state index is 12.8. The second-order valence-corrected chi connectivity index (χ2v) is 12.7. The van der Waals surface area contributed by atoms with Gasteiger partial charge in [-0.15, -0.1) is 0 Å². The van der Waals surface area contributed by atoms with Gasteiger partial charge >= 0.3 is 18.4 Å². The van der Waals surface area contributed by atoms with Crippen LogP contribution in [0.1, 0.15) is 89.9 Å². The van der Waals surface area contributed by atoms with Crippen LogP contribution < -0.4 is 0 Å². The highest BCUT2D eigenvalue weighted by Gasteiger charge is 2.53. The Balaban J connectivity index is 1.03. The molecular weight excluding hydrogens is 392 g/mol. The zero-order valence-electron chi connectivity index (χ0n) is 19.0. The number of esters is 2. The van der Waals surface area contributed by atoms with Crippen molar-refractivity contribution < 1.29 is 23.8 Å². The van der Waals surface area contributed by atoms with Crippen LogP contribution >= 0.6 is 0 Å². The van der Waals surface area contributed by atoms with Crippen LogP contribution in [0, 0.1) is 46.3 Å². The van der Waals surface area contributed by atoms with E-state index in [9.17, 15) is 9.59 Å². The van der Waals surface area contributed by atoms with E-state index in [2.05, 4.69) is 0 Å². The fraction of sp³-hybridized carbons (Fsp3) is 0.923. The molecule has 0 radical (unpaired) electrons. The number of carbonyl (C=O) groups excluding carboxylic acids is 2. The smallest absolute Gasteiger partial charge is 0.364 e. The molecular formula is C26H38O5. The van der Waals surface area contributed by atoms with Gasteiger partial charge in [-0.2, -0.15) is 0 Å². The van der Waals surface area contributed by atoms with E-state index >= 15 is 0 Å². The molecule has 172 valence electrons. The third kappa shape index (κ3) is 3.94. The molecule has 0 spiro atoms. The van der Waals surface area contributed by atoms with Crippen molar-refractivity contribution in [3.63, 3.8) is 0 Å². The second kappa shape index (κ2) is 7.46. The summed E-state index contributed by atoms with van der Waals surface area (Å²) in [6, 6.07) is 0. The maximum Gasteiger partial charge on any atom is 0.364 e. The second-order valence-electron chi connectivity index (χ2n) is 12.7. The van der Waals surface area contributed by atoms with Crippen molar-refractivity contribution in [1.82, 2.24) is 0 Å². The average Bonchev–Trinajstić information content (AvgIpc) is 2.64. The normalized spacial score (nSPS) is 47.4. The van der Waals surface area contributed by atoms with E-state index in [0.717, 1.165) is 35.5 Å². The largest absolute Gasteiger partial charge is 0.400 e. The molecule has 0 N–H and O–H groups in total. The summed E-state index contributed by atoms with van der Waals surface area (Å²) in [7, 11) is 1.45. The molecule has 0 aromatic rings. The van der Waals surface area contributed by atoms with Crippen molar-refractivity contribution in [2.45, 2.75) is 96.4 Å². The van der Waals surface area contributed by atoms with Crippen molar-refractivity contribution >= 4 is 11.9 Å². The van der Waals surface area contributed by atoms with Gasteiger partial charge < -0.3 is 14.2 Å². The van der Waals surface area contributed by atoms with E-state index in [1.165, 1.54) is 84.2 Å². The fourth-order valence-electron chi connectivity index (χ4n) is 10.0. The van der Waals surface area contributed by atoms with Crippen molar-refractivity contribution in [2.24, 2.45) is 46.3 Å². The van der Waals surface area contributed by atoms with E-state index < -0.39 is 6.48 Å². The predicted octanol–water partition coefficient (Wildman–Crippen LogP) is 5.22. The van der Waals surface area contributed by atoms with Crippen LogP contribution in [0.5, 0.6) is 0 Å². The molecule has 0 aromatic heterocycles. The lowest BCUT2D eigenvalue weighted by molar-refractivity contribution is -0.260. The molecule has 8 rings (SSSR count). The summed E-state index contributed by atoms with van der Waals surface area (Å²) in [5.41, 5.74) is 0.237. The quantitative estimate of drug-likeness (QED) is 0.409. The van der Waals surface area contributed by atoms with Crippen LogP contribution in [0.25, 0.3) is 0 Å². The minimum Gasteiger partial charge on any atom is -0.400 e. The minimum atomic E-state index is -1.21. The van der Waals surface area contributed by atoms with Crippen LogP contribution in [0.3, 0.4) is 0 Å². The first kappa shape index (κ1) is 20.5. The van der Waals surface area contributed by atoms with Crippen LogP contribution in [-0.2, 0) is 23.8 Å². The van der Waals surface area contributed by atoms with Gasteiger partial charge in [0.25, 0.3) is 0 Å². The summed E-state index contributed by atoms with van der Waals surface area (Å²) < 4.78 is 16.3. The standard InChI is InChI=1S/C26H38O5/c1-29-24(30-22(27)14-25-8-16-2-17(9-25)4-18(3-16)10-25)31-23(28)15-26-11-19-5-20(12-26)7-21(6-19)13-26/h16-21,24H,2-15H2,1H3. The minimum absolute atomic E-state index is 0.118. The molecule has 0 aromatic carbocycles. The SMILES string of the molecule is COC(OC(=O)CC12CC3CC(CC(C3)C1)C2)OC(=O)CC12CC3CC(CC(C3)C1)C2. The van der Waals surface area contributed by atoms with Crippen molar-refractivity contribution in [3.8, 4) is 0 Å². The van der Waals surface area contributed by atoms with Crippen molar-refractivity contribution in [2.75, 3.05) is 7.11 Å². The summed E-state index contributed by atoms with van der Waals surface area (Å²) in [6.07, 6.45) is 16.0. The molecule has 31 heavy (non-hydrogen) atoms. The molecule has 0 aliphatic heterocycles. The number of methoxy groups -OCH3 is 1. The van der Waals surface area contributed by atoms with Crippen LogP contribution in [0.4, 0.5) is 0 Å². The molecule has 0 atom stereocenters. The zero-order chi connectivity index (χ0) is 21.2. The zero-order valence-corrected chi connectivity index (χ0v) is 19.0. The van der Waals surface area contributed by atoms with Crippen molar-refractivity contribution in [1.29, 1.82) is 0 Å². The van der Waals surface area contributed by atoms with E-state index in [0.29, 0.717) is 12.8 Å². The number of ether oxygens (including phenoxy) is 3.